The second-order valence-electron chi connectivity index (χ2n) is 4.50. The van der Waals surface area contributed by atoms with E-state index < -0.39 is 5.91 Å². The van der Waals surface area contributed by atoms with Gasteiger partial charge >= 0.3 is 0 Å². The normalized spacial score (nSPS) is 10.8. The summed E-state index contributed by atoms with van der Waals surface area (Å²) in [7, 11) is 0. The van der Waals surface area contributed by atoms with Crippen LogP contribution in [-0.2, 0) is 9.53 Å². The van der Waals surface area contributed by atoms with Crippen molar-refractivity contribution in [2.45, 2.75) is 20.3 Å². The Labute approximate surface area is 125 Å². The van der Waals surface area contributed by atoms with Gasteiger partial charge in [0.25, 0.3) is 5.91 Å². The standard InChI is InChI=1S/C16H21N3O2/c1-3-21-9-5-8-18-12-14(11-17)16(20)19-15-7-4-6-13(2)10-15/h4,6-7,10,12,18H,3,5,8-9H2,1-2H3,(H,19,20)/b14-12-. The molecule has 0 spiro atoms. The molecule has 0 heterocycles. The maximum absolute atomic E-state index is 12.0. The molecule has 5 nitrogen and oxygen atoms in total. The Morgan fingerprint density at radius 2 is 2.29 bits per heavy atom. The summed E-state index contributed by atoms with van der Waals surface area (Å²) in [5.74, 6) is -0.416. The van der Waals surface area contributed by atoms with E-state index in [2.05, 4.69) is 10.6 Å². The lowest BCUT2D eigenvalue weighted by Crippen LogP contribution is -2.17. The number of hydrogen-bond donors (Lipinski definition) is 2. The zero-order chi connectivity index (χ0) is 15.5. The Balaban J connectivity index is 2.47. The van der Waals surface area contributed by atoms with Crippen LogP contribution < -0.4 is 10.6 Å². The van der Waals surface area contributed by atoms with Gasteiger partial charge in [0.1, 0.15) is 11.6 Å². The molecule has 0 fully saturated rings. The molecule has 1 rings (SSSR count). The summed E-state index contributed by atoms with van der Waals surface area (Å²) < 4.78 is 5.20. The molecule has 112 valence electrons. The lowest BCUT2D eigenvalue weighted by Gasteiger charge is -2.06. The third kappa shape index (κ3) is 6.59. The fourth-order valence-corrected chi connectivity index (χ4v) is 1.66. The molecular formula is C16H21N3O2. The molecule has 0 aliphatic rings. The van der Waals surface area contributed by atoms with Crippen LogP contribution in [0.25, 0.3) is 0 Å². The van der Waals surface area contributed by atoms with Crippen LogP contribution in [0.2, 0.25) is 0 Å². The SMILES string of the molecule is CCOCCCN/C=C(/C#N)C(=O)Nc1cccc(C)c1. The smallest absolute Gasteiger partial charge is 0.267 e. The van der Waals surface area contributed by atoms with Gasteiger partial charge in [-0.15, -0.1) is 0 Å². The minimum Gasteiger partial charge on any atom is -0.390 e. The van der Waals surface area contributed by atoms with E-state index in [1.165, 1.54) is 6.20 Å². The molecular weight excluding hydrogens is 266 g/mol. The summed E-state index contributed by atoms with van der Waals surface area (Å²) in [6.45, 7) is 5.89. The average molecular weight is 287 g/mol. The fraction of sp³-hybridized carbons (Fsp3) is 0.375. The number of carbonyl (C=O) groups is 1. The molecule has 0 aromatic heterocycles. The lowest BCUT2D eigenvalue weighted by atomic mass is 10.2. The van der Waals surface area contributed by atoms with Crippen LogP contribution in [0.15, 0.2) is 36.0 Å². The van der Waals surface area contributed by atoms with Gasteiger partial charge in [-0.3, -0.25) is 4.79 Å². The van der Waals surface area contributed by atoms with Gasteiger partial charge in [-0.2, -0.15) is 5.26 Å². The molecule has 0 aliphatic heterocycles. The molecule has 0 bridgehead atoms. The Morgan fingerprint density at radius 3 is 2.95 bits per heavy atom. The Kier molecular flexibility index (Phi) is 7.62. The van der Waals surface area contributed by atoms with Crippen molar-refractivity contribution >= 4 is 11.6 Å². The highest BCUT2D eigenvalue weighted by Crippen LogP contribution is 2.10. The number of aryl methyl sites for hydroxylation is 1. The zero-order valence-corrected chi connectivity index (χ0v) is 12.5. The molecule has 0 aliphatic carbocycles. The van der Waals surface area contributed by atoms with E-state index in [1.807, 2.05) is 38.1 Å². The first-order valence-corrected chi connectivity index (χ1v) is 6.96. The summed E-state index contributed by atoms with van der Waals surface area (Å²) in [4.78, 5) is 12.0. The predicted octanol–water partition coefficient (Wildman–Crippen LogP) is 2.36. The first kappa shape index (κ1) is 16.7. The van der Waals surface area contributed by atoms with E-state index in [1.54, 1.807) is 6.07 Å². The van der Waals surface area contributed by atoms with Crippen molar-refractivity contribution in [3.8, 4) is 6.07 Å². The van der Waals surface area contributed by atoms with Crippen LogP contribution in [-0.4, -0.2) is 25.7 Å². The molecule has 0 unspecified atom stereocenters. The van der Waals surface area contributed by atoms with Crippen molar-refractivity contribution in [1.29, 1.82) is 5.26 Å². The fourth-order valence-electron chi connectivity index (χ4n) is 1.66. The highest BCUT2D eigenvalue weighted by atomic mass is 16.5. The van der Waals surface area contributed by atoms with E-state index in [0.717, 1.165) is 12.0 Å². The second-order valence-corrected chi connectivity index (χ2v) is 4.50. The lowest BCUT2D eigenvalue weighted by molar-refractivity contribution is -0.112. The topological polar surface area (TPSA) is 74.1 Å². The van der Waals surface area contributed by atoms with E-state index in [0.29, 0.717) is 25.4 Å². The second kappa shape index (κ2) is 9.56. The predicted molar refractivity (Wildman–Crippen MR) is 82.6 cm³/mol. The Bertz CT molecular complexity index is 533. The molecule has 0 saturated heterocycles. The van der Waals surface area contributed by atoms with Crippen molar-refractivity contribution in [2.75, 3.05) is 25.1 Å². The van der Waals surface area contributed by atoms with Crippen molar-refractivity contribution in [3.05, 3.63) is 41.6 Å². The Morgan fingerprint density at radius 1 is 1.48 bits per heavy atom. The van der Waals surface area contributed by atoms with Crippen LogP contribution in [0.4, 0.5) is 5.69 Å². The Hall–Kier alpha value is -2.32. The number of rotatable bonds is 8. The van der Waals surface area contributed by atoms with Crippen LogP contribution in [0.5, 0.6) is 0 Å². The molecule has 2 N–H and O–H groups in total. The molecule has 0 radical (unpaired) electrons. The van der Waals surface area contributed by atoms with Crippen molar-refractivity contribution in [2.24, 2.45) is 0 Å². The van der Waals surface area contributed by atoms with Crippen LogP contribution in [0.3, 0.4) is 0 Å². The molecule has 0 atom stereocenters. The van der Waals surface area contributed by atoms with Gasteiger partial charge in [-0.25, -0.2) is 0 Å². The summed E-state index contributed by atoms with van der Waals surface area (Å²) in [6.07, 6.45) is 2.26. The molecule has 5 heteroatoms. The van der Waals surface area contributed by atoms with Gasteiger partial charge in [0.15, 0.2) is 0 Å². The molecule has 21 heavy (non-hydrogen) atoms. The quantitative estimate of drug-likeness (QED) is 0.437. The highest BCUT2D eigenvalue weighted by molar-refractivity contribution is 6.06. The maximum Gasteiger partial charge on any atom is 0.267 e. The van der Waals surface area contributed by atoms with Crippen LogP contribution in [0.1, 0.15) is 18.9 Å². The monoisotopic (exact) mass is 287 g/mol. The minimum absolute atomic E-state index is 0.0490. The minimum atomic E-state index is -0.416. The number of ether oxygens (including phenoxy) is 1. The van der Waals surface area contributed by atoms with E-state index in [9.17, 15) is 4.79 Å². The number of nitrogens with one attached hydrogen (secondary N) is 2. The summed E-state index contributed by atoms with van der Waals surface area (Å²) in [5.41, 5.74) is 1.77. The third-order valence-electron chi connectivity index (χ3n) is 2.70. The van der Waals surface area contributed by atoms with E-state index in [-0.39, 0.29) is 5.57 Å². The number of benzene rings is 1. The summed E-state index contributed by atoms with van der Waals surface area (Å²) in [6, 6.07) is 9.33. The number of anilines is 1. The van der Waals surface area contributed by atoms with Crippen LogP contribution in [0, 0.1) is 18.3 Å². The zero-order valence-electron chi connectivity index (χ0n) is 12.5. The number of nitrogens with zero attached hydrogens (tertiary/aromatic N) is 1. The van der Waals surface area contributed by atoms with E-state index in [4.69, 9.17) is 10.00 Å². The van der Waals surface area contributed by atoms with Gasteiger partial charge in [0.05, 0.1) is 0 Å². The number of carbonyl (C=O) groups excluding carboxylic acids is 1. The maximum atomic E-state index is 12.0. The molecule has 1 aromatic carbocycles. The van der Waals surface area contributed by atoms with Crippen molar-refractivity contribution in [1.82, 2.24) is 5.32 Å². The van der Waals surface area contributed by atoms with Gasteiger partial charge in [-0.05, 0) is 38.0 Å². The van der Waals surface area contributed by atoms with Crippen LogP contribution >= 0.6 is 0 Å². The van der Waals surface area contributed by atoms with Gasteiger partial charge in [-0.1, -0.05) is 12.1 Å². The molecule has 0 saturated carbocycles. The van der Waals surface area contributed by atoms with Gasteiger partial charge in [0.2, 0.25) is 0 Å². The number of hydrogen-bond acceptors (Lipinski definition) is 4. The van der Waals surface area contributed by atoms with Gasteiger partial charge < -0.3 is 15.4 Å². The van der Waals surface area contributed by atoms with Crippen molar-refractivity contribution in [3.63, 3.8) is 0 Å². The first-order chi connectivity index (χ1) is 10.2. The number of amides is 1. The summed E-state index contributed by atoms with van der Waals surface area (Å²) >= 11 is 0. The van der Waals surface area contributed by atoms with Crippen molar-refractivity contribution < 1.29 is 9.53 Å². The van der Waals surface area contributed by atoms with Gasteiger partial charge in [0, 0.05) is 31.6 Å². The van der Waals surface area contributed by atoms with E-state index >= 15 is 0 Å². The largest absolute Gasteiger partial charge is 0.390 e. The third-order valence-corrected chi connectivity index (χ3v) is 2.70. The average Bonchev–Trinajstić information content (AvgIpc) is 2.46. The summed E-state index contributed by atoms with van der Waals surface area (Å²) in [5, 5.41) is 14.7. The number of nitriles is 1. The molecule has 1 amide bonds. The first-order valence-electron chi connectivity index (χ1n) is 6.96. The highest BCUT2D eigenvalue weighted by Gasteiger charge is 2.08. The molecule has 1 aromatic rings.